The third-order valence-corrected chi connectivity index (χ3v) is 4.23. The molecule has 1 atom stereocenters. The zero-order chi connectivity index (χ0) is 17.7. The molecule has 0 spiro atoms. The molecule has 24 heavy (non-hydrogen) atoms. The summed E-state index contributed by atoms with van der Waals surface area (Å²) in [6, 6.07) is 10.6. The van der Waals surface area contributed by atoms with Crippen molar-refractivity contribution in [2.24, 2.45) is 0 Å². The predicted molar refractivity (Wildman–Crippen MR) is 95.4 cm³/mol. The highest BCUT2D eigenvalue weighted by atomic mass is 79.9. The Bertz CT molecular complexity index is 712. The first kappa shape index (κ1) is 18.2. The maximum absolute atomic E-state index is 12.0. The van der Waals surface area contributed by atoms with Crippen molar-refractivity contribution >= 4 is 27.9 Å². The Morgan fingerprint density at radius 3 is 2.50 bits per heavy atom. The number of furan rings is 1. The third kappa shape index (κ3) is 4.69. The molecule has 0 radical (unpaired) electrons. The van der Waals surface area contributed by atoms with E-state index in [1.807, 2.05) is 41.3 Å². The van der Waals surface area contributed by atoms with Gasteiger partial charge in [-0.15, -0.1) is 0 Å². The normalized spacial score (nSPS) is 12.0. The van der Waals surface area contributed by atoms with Gasteiger partial charge in [-0.3, -0.25) is 15.0 Å². The molecular formula is C17H20BrN3O3. The van der Waals surface area contributed by atoms with E-state index in [4.69, 9.17) is 4.42 Å². The van der Waals surface area contributed by atoms with Gasteiger partial charge in [-0.1, -0.05) is 28.1 Å². The lowest BCUT2D eigenvalue weighted by Gasteiger charge is -2.22. The van der Waals surface area contributed by atoms with Crippen molar-refractivity contribution in [1.29, 1.82) is 0 Å². The number of carbonyl (C=O) groups excluding carboxylic acids is 2. The quantitative estimate of drug-likeness (QED) is 0.818. The van der Waals surface area contributed by atoms with Gasteiger partial charge in [0.1, 0.15) is 11.5 Å². The van der Waals surface area contributed by atoms with Crippen molar-refractivity contribution in [2.45, 2.75) is 19.5 Å². The number of nitrogens with zero attached hydrogens (tertiary/aromatic N) is 1. The molecule has 0 saturated heterocycles. The van der Waals surface area contributed by atoms with Gasteiger partial charge in [0.05, 0.1) is 12.6 Å². The molecule has 0 unspecified atom stereocenters. The molecule has 7 heteroatoms. The Labute approximate surface area is 149 Å². The first-order chi connectivity index (χ1) is 11.4. The fourth-order valence-electron chi connectivity index (χ4n) is 2.09. The van der Waals surface area contributed by atoms with E-state index in [1.54, 1.807) is 14.0 Å². The summed E-state index contributed by atoms with van der Waals surface area (Å²) in [7, 11) is 3.26. The van der Waals surface area contributed by atoms with Crippen LogP contribution in [0.1, 0.15) is 12.7 Å². The first-order valence-corrected chi connectivity index (χ1v) is 8.27. The number of rotatable bonds is 5. The van der Waals surface area contributed by atoms with Gasteiger partial charge < -0.3 is 9.73 Å². The van der Waals surface area contributed by atoms with Crippen LogP contribution in [0.4, 0.5) is 4.79 Å². The molecule has 0 aliphatic rings. The molecule has 6 nitrogen and oxygen atoms in total. The smallest absolute Gasteiger partial charge is 0.321 e. The number of hydrogen-bond acceptors (Lipinski definition) is 4. The molecule has 1 aromatic heterocycles. The van der Waals surface area contributed by atoms with Crippen LogP contribution in [-0.4, -0.2) is 37.0 Å². The van der Waals surface area contributed by atoms with Crippen LogP contribution >= 0.6 is 15.9 Å². The lowest BCUT2D eigenvalue weighted by atomic mass is 10.2. The predicted octanol–water partition coefficient (Wildman–Crippen LogP) is 2.99. The van der Waals surface area contributed by atoms with E-state index in [1.165, 1.54) is 7.05 Å². The van der Waals surface area contributed by atoms with Crippen LogP contribution in [0, 0.1) is 0 Å². The van der Waals surface area contributed by atoms with Crippen LogP contribution < -0.4 is 10.6 Å². The van der Waals surface area contributed by atoms with E-state index >= 15 is 0 Å². The highest BCUT2D eigenvalue weighted by Crippen LogP contribution is 2.24. The number of urea groups is 1. The maximum atomic E-state index is 12.0. The average molecular weight is 394 g/mol. The number of halogens is 1. The molecule has 3 amide bonds. The molecule has 128 valence electrons. The van der Waals surface area contributed by atoms with Crippen molar-refractivity contribution in [3.05, 3.63) is 46.6 Å². The molecule has 2 N–H and O–H groups in total. The summed E-state index contributed by atoms with van der Waals surface area (Å²) in [6.45, 7) is 2.19. The fourth-order valence-corrected chi connectivity index (χ4v) is 2.36. The minimum atomic E-state index is -0.518. The summed E-state index contributed by atoms with van der Waals surface area (Å²) < 4.78 is 6.85. The van der Waals surface area contributed by atoms with E-state index in [9.17, 15) is 9.59 Å². The van der Waals surface area contributed by atoms with Gasteiger partial charge in [0.15, 0.2) is 0 Å². The third-order valence-electron chi connectivity index (χ3n) is 3.70. The number of nitrogens with one attached hydrogen (secondary N) is 2. The second kappa shape index (κ2) is 8.12. The Kier molecular flexibility index (Phi) is 6.16. The van der Waals surface area contributed by atoms with Crippen LogP contribution in [0.15, 0.2) is 45.3 Å². The lowest BCUT2D eigenvalue weighted by molar-refractivity contribution is -0.124. The summed E-state index contributed by atoms with van der Waals surface area (Å²) in [5.41, 5.74) is 0.984. The number of carbonyl (C=O) groups is 2. The van der Waals surface area contributed by atoms with E-state index in [0.29, 0.717) is 6.54 Å². The van der Waals surface area contributed by atoms with Crippen molar-refractivity contribution in [3.63, 3.8) is 0 Å². The van der Waals surface area contributed by atoms with Crippen molar-refractivity contribution in [3.8, 4) is 11.3 Å². The number of imide groups is 1. The Hall–Kier alpha value is -2.12. The summed E-state index contributed by atoms with van der Waals surface area (Å²) in [4.78, 5) is 25.0. The zero-order valence-corrected chi connectivity index (χ0v) is 15.4. The second-order valence-electron chi connectivity index (χ2n) is 5.43. The lowest BCUT2D eigenvalue weighted by Crippen LogP contribution is -2.47. The summed E-state index contributed by atoms with van der Waals surface area (Å²) in [5.74, 6) is 1.15. The standard InChI is InChI=1S/C17H20BrN3O3/c1-11(16(22)20-17(23)19-2)21(3)10-14-8-9-15(24-14)12-4-6-13(18)7-5-12/h4-9,11H,10H2,1-3H3,(H2,19,20,22,23)/t11-/m1/s1. The summed E-state index contributed by atoms with van der Waals surface area (Å²) in [5, 5.41) is 4.62. The molecule has 2 aromatic rings. The molecule has 0 aliphatic heterocycles. The van der Waals surface area contributed by atoms with E-state index in [0.717, 1.165) is 21.6 Å². The molecule has 0 saturated carbocycles. The van der Waals surface area contributed by atoms with Gasteiger partial charge in [-0.25, -0.2) is 4.79 Å². The van der Waals surface area contributed by atoms with Crippen molar-refractivity contribution in [2.75, 3.05) is 14.1 Å². The summed E-state index contributed by atoms with van der Waals surface area (Å²) >= 11 is 3.40. The van der Waals surface area contributed by atoms with Gasteiger partial charge >= 0.3 is 6.03 Å². The number of hydrogen-bond donors (Lipinski definition) is 2. The van der Waals surface area contributed by atoms with Gasteiger partial charge in [0, 0.05) is 17.1 Å². The van der Waals surface area contributed by atoms with Crippen LogP contribution in [0.5, 0.6) is 0 Å². The van der Waals surface area contributed by atoms with Crippen molar-refractivity contribution in [1.82, 2.24) is 15.5 Å². The maximum Gasteiger partial charge on any atom is 0.321 e. The number of amides is 3. The van der Waals surface area contributed by atoms with Gasteiger partial charge in [0.25, 0.3) is 0 Å². The second-order valence-corrected chi connectivity index (χ2v) is 6.35. The van der Waals surface area contributed by atoms with E-state index in [-0.39, 0.29) is 5.91 Å². The molecule has 0 fully saturated rings. The topological polar surface area (TPSA) is 74.6 Å². The minimum Gasteiger partial charge on any atom is -0.460 e. The molecule has 1 aromatic carbocycles. The van der Waals surface area contributed by atoms with E-state index < -0.39 is 12.1 Å². The van der Waals surface area contributed by atoms with Crippen LogP contribution in [-0.2, 0) is 11.3 Å². The Balaban J connectivity index is 1.99. The van der Waals surface area contributed by atoms with Crippen LogP contribution in [0.2, 0.25) is 0 Å². The van der Waals surface area contributed by atoms with Gasteiger partial charge in [0.2, 0.25) is 5.91 Å². The van der Waals surface area contributed by atoms with Gasteiger partial charge in [-0.2, -0.15) is 0 Å². The van der Waals surface area contributed by atoms with Crippen molar-refractivity contribution < 1.29 is 14.0 Å². The highest BCUT2D eigenvalue weighted by Gasteiger charge is 2.20. The first-order valence-electron chi connectivity index (χ1n) is 7.48. The monoisotopic (exact) mass is 393 g/mol. The number of benzene rings is 1. The molecule has 0 aliphatic carbocycles. The highest BCUT2D eigenvalue weighted by molar-refractivity contribution is 9.10. The minimum absolute atomic E-state index is 0.364. The molecular weight excluding hydrogens is 374 g/mol. The molecule has 2 rings (SSSR count). The molecule has 1 heterocycles. The van der Waals surface area contributed by atoms with E-state index in [2.05, 4.69) is 26.6 Å². The summed E-state index contributed by atoms with van der Waals surface area (Å²) in [6.07, 6.45) is 0. The average Bonchev–Trinajstić information content (AvgIpc) is 3.02. The zero-order valence-electron chi connectivity index (χ0n) is 13.8. The largest absolute Gasteiger partial charge is 0.460 e. The van der Waals surface area contributed by atoms with Gasteiger partial charge in [-0.05, 0) is 38.2 Å². The Morgan fingerprint density at radius 2 is 1.88 bits per heavy atom. The van der Waals surface area contributed by atoms with Crippen LogP contribution in [0.25, 0.3) is 11.3 Å². The molecule has 0 bridgehead atoms. The fraction of sp³-hybridized carbons (Fsp3) is 0.294. The SMILES string of the molecule is CNC(=O)NC(=O)[C@@H](C)N(C)Cc1ccc(-c2ccc(Br)cc2)o1. The van der Waals surface area contributed by atoms with Crippen LogP contribution in [0.3, 0.4) is 0 Å². The number of likely N-dealkylation sites (N-methyl/N-ethyl adjacent to an activating group) is 1. The Morgan fingerprint density at radius 1 is 1.21 bits per heavy atom.